The van der Waals surface area contributed by atoms with Gasteiger partial charge in [0.2, 0.25) is 10.9 Å². The minimum atomic E-state index is 0.407. The van der Waals surface area contributed by atoms with Crippen molar-refractivity contribution in [1.82, 2.24) is 14.6 Å². The zero-order valence-electron chi connectivity index (χ0n) is 13.1. The third-order valence-corrected chi connectivity index (χ3v) is 5.13. The predicted molar refractivity (Wildman–Crippen MR) is 113 cm³/mol. The fraction of sp³-hybridized carbons (Fsp3) is 0. The summed E-state index contributed by atoms with van der Waals surface area (Å²) in [6.45, 7) is 0. The van der Waals surface area contributed by atoms with Gasteiger partial charge in [-0.25, -0.2) is 4.52 Å². The highest BCUT2D eigenvalue weighted by atomic mass is 35.5. The first-order valence-electron chi connectivity index (χ1n) is 7.53. The van der Waals surface area contributed by atoms with Crippen molar-refractivity contribution in [2.24, 2.45) is 0 Å². The van der Waals surface area contributed by atoms with Crippen LogP contribution in [-0.4, -0.2) is 19.7 Å². The van der Waals surface area contributed by atoms with Gasteiger partial charge < -0.3 is 5.32 Å². The maximum atomic E-state index is 6.31. The van der Waals surface area contributed by atoms with Gasteiger partial charge in [-0.2, -0.15) is 4.98 Å². The molecule has 0 amide bonds. The van der Waals surface area contributed by atoms with Crippen LogP contribution in [0.15, 0.2) is 53.9 Å². The molecule has 0 saturated carbocycles. The topological polar surface area (TPSA) is 54.2 Å². The van der Waals surface area contributed by atoms with Gasteiger partial charge in [0.05, 0.1) is 10.7 Å². The number of hydrogen-bond acceptors (Lipinski definition) is 4. The van der Waals surface area contributed by atoms with Gasteiger partial charge in [0.25, 0.3) is 0 Å². The molecule has 0 aliphatic carbocycles. The number of thiocarbonyl (C=S) groups is 1. The fourth-order valence-corrected chi connectivity index (χ4v) is 3.82. The summed E-state index contributed by atoms with van der Waals surface area (Å²) in [5.41, 5.74) is 2.50. The SMILES string of the molecule is S=C(Nc1ccccc1)Nc1nc2scc(-c3cc(Cl)ccc3Cl)n2n1. The highest BCUT2D eigenvalue weighted by molar-refractivity contribution is 7.80. The van der Waals surface area contributed by atoms with Gasteiger partial charge in [-0.1, -0.05) is 41.4 Å². The standard InChI is InChI=1S/C17H11Cl2N5S2/c18-10-6-7-13(19)12(8-10)14-9-26-17-22-15(23-24(14)17)21-16(25)20-11-4-2-1-3-5-11/h1-9H,(H2,20,21,23,25). The van der Waals surface area contributed by atoms with Crippen LogP contribution in [0.4, 0.5) is 11.6 Å². The molecule has 0 spiro atoms. The highest BCUT2D eigenvalue weighted by Gasteiger charge is 2.15. The van der Waals surface area contributed by atoms with E-state index in [1.165, 1.54) is 11.3 Å². The lowest BCUT2D eigenvalue weighted by Crippen LogP contribution is -2.19. The molecule has 2 aromatic carbocycles. The number of rotatable bonds is 3. The maximum Gasteiger partial charge on any atom is 0.250 e. The van der Waals surface area contributed by atoms with Crippen molar-refractivity contribution in [2.45, 2.75) is 0 Å². The lowest BCUT2D eigenvalue weighted by Gasteiger charge is -2.07. The molecule has 4 aromatic rings. The highest BCUT2D eigenvalue weighted by Crippen LogP contribution is 2.33. The number of para-hydroxylation sites is 1. The summed E-state index contributed by atoms with van der Waals surface area (Å²) in [6, 6.07) is 15.0. The molecule has 0 fully saturated rings. The number of fused-ring (bicyclic) bond motifs is 1. The second-order valence-corrected chi connectivity index (χ2v) is 7.41. The van der Waals surface area contributed by atoms with Crippen LogP contribution < -0.4 is 10.6 Å². The Morgan fingerprint density at radius 1 is 1.08 bits per heavy atom. The summed E-state index contributed by atoms with van der Waals surface area (Å²) in [5.74, 6) is 0.407. The van der Waals surface area contributed by atoms with E-state index in [0.29, 0.717) is 21.1 Å². The van der Waals surface area contributed by atoms with Crippen LogP contribution in [0.2, 0.25) is 10.0 Å². The minimum Gasteiger partial charge on any atom is -0.332 e. The van der Waals surface area contributed by atoms with E-state index in [4.69, 9.17) is 35.4 Å². The lowest BCUT2D eigenvalue weighted by molar-refractivity contribution is 0.991. The van der Waals surface area contributed by atoms with Crippen LogP contribution in [0.3, 0.4) is 0 Å². The molecule has 0 radical (unpaired) electrons. The van der Waals surface area contributed by atoms with Gasteiger partial charge in [0, 0.05) is 21.7 Å². The minimum absolute atomic E-state index is 0.407. The monoisotopic (exact) mass is 419 g/mol. The average molecular weight is 420 g/mol. The normalized spacial score (nSPS) is 10.8. The Balaban J connectivity index is 1.60. The molecule has 0 aliphatic rings. The molecular weight excluding hydrogens is 409 g/mol. The number of hydrogen-bond donors (Lipinski definition) is 2. The van der Waals surface area contributed by atoms with Gasteiger partial charge in [-0.3, -0.25) is 5.32 Å². The van der Waals surface area contributed by atoms with Crippen LogP contribution in [-0.2, 0) is 0 Å². The van der Waals surface area contributed by atoms with Crippen molar-refractivity contribution in [3.05, 3.63) is 64.0 Å². The summed E-state index contributed by atoms with van der Waals surface area (Å²) in [4.78, 5) is 5.17. The van der Waals surface area contributed by atoms with E-state index in [1.807, 2.05) is 41.8 Å². The Kier molecular flexibility index (Phi) is 4.78. The van der Waals surface area contributed by atoms with Crippen LogP contribution in [0.5, 0.6) is 0 Å². The quantitative estimate of drug-likeness (QED) is 0.424. The summed E-state index contributed by atoms with van der Waals surface area (Å²) in [7, 11) is 0. The molecule has 9 heteroatoms. The summed E-state index contributed by atoms with van der Waals surface area (Å²) < 4.78 is 1.72. The van der Waals surface area contributed by atoms with Crippen molar-refractivity contribution in [3.63, 3.8) is 0 Å². The molecule has 26 heavy (non-hydrogen) atoms. The van der Waals surface area contributed by atoms with Crippen molar-refractivity contribution in [3.8, 4) is 11.3 Å². The van der Waals surface area contributed by atoms with E-state index in [9.17, 15) is 0 Å². The van der Waals surface area contributed by atoms with Crippen LogP contribution in [0.25, 0.3) is 16.2 Å². The molecule has 0 atom stereocenters. The van der Waals surface area contributed by atoms with Gasteiger partial charge >= 0.3 is 0 Å². The Bertz CT molecular complexity index is 1090. The largest absolute Gasteiger partial charge is 0.332 e. The molecule has 4 rings (SSSR count). The van der Waals surface area contributed by atoms with E-state index in [2.05, 4.69) is 20.7 Å². The molecule has 0 bridgehead atoms. The second kappa shape index (κ2) is 7.20. The molecule has 5 nitrogen and oxygen atoms in total. The average Bonchev–Trinajstić information content (AvgIpc) is 3.18. The molecule has 2 N–H and O–H groups in total. The first-order chi connectivity index (χ1) is 12.6. The van der Waals surface area contributed by atoms with E-state index in [0.717, 1.165) is 21.9 Å². The third-order valence-electron chi connectivity index (χ3n) is 3.54. The van der Waals surface area contributed by atoms with E-state index >= 15 is 0 Å². The Hall–Kier alpha value is -2.19. The number of aromatic nitrogens is 3. The fourth-order valence-electron chi connectivity index (χ4n) is 2.40. The van der Waals surface area contributed by atoms with Crippen LogP contribution >= 0.6 is 46.8 Å². The van der Waals surface area contributed by atoms with E-state index in [-0.39, 0.29) is 0 Å². The van der Waals surface area contributed by atoms with Gasteiger partial charge in [-0.05, 0) is 42.5 Å². The lowest BCUT2D eigenvalue weighted by atomic mass is 10.2. The third kappa shape index (κ3) is 3.52. The number of thiazole rings is 1. The molecule has 0 aliphatic heterocycles. The first-order valence-corrected chi connectivity index (χ1v) is 9.57. The Morgan fingerprint density at radius 2 is 1.88 bits per heavy atom. The zero-order valence-corrected chi connectivity index (χ0v) is 16.3. The van der Waals surface area contributed by atoms with Crippen molar-refractivity contribution in [2.75, 3.05) is 10.6 Å². The predicted octanol–water partition coefficient (Wildman–Crippen LogP) is 5.57. The van der Waals surface area contributed by atoms with Gasteiger partial charge in [0.1, 0.15) is 0 Å². The van der Waals surface area contributed by atoms with Crippen molar-refractivity contribution >= 4 is 68.5 Å². The van der Waals surface area contributed by atoms with Gasteiger partial charge in [-0.15, -0.1) is 16.4 Å². The Labute approximate surface area is 168 Å². The molecule has 0 unspecified atom stereocenters. The molecule has 130 valence electrons. The summed E-state index contributed by atoms with van der Waals surface area (Å²) in [5, 5.41) is 14.1. The molecule has 2 heterocycles. The van der Waals surface area contributed by atoms with E-state index in [1.54, 1.807) is 16.6 Å². The molecule has 0 saturated heterocycles. The maximum absolute atomic E-state index is 6.31. The number of halogens is 2. The number of anilines is 2. The van der Waals surface area contributed by atoms with Crippen molar-refractivity contribution < 1.29 is 0 Å². The Morgan fingerprint density at radius 3 is 2.69 bits per heavy atom. The second-order valence-electron chi connectivity index (χ2n) is 5.32. The zero-order chi connectivity index (χ0) is 18.1. The van der Waals surface area contributed by atoms with Gasteiger partial charge in [0.15, 0.2) is 5.11 Å². The summed E-state index contributed by atoms with van der Waals surface area (Å²) in [6.07, 6.45) is 0. The first kappa shape index (κ1) is 17.2. The summed E-state index contributed by atoms with van der Waals surface area (Å²) >= 11 is 19.2. The van der Waals surface area contributed by atoms with E-state index < -0.39 is 0 Å². The molecular formula is C17H11Cl2N5S2. The van der Waals surface area contributed by atoms with Crippen LogP contribution in [0, 0.1) is 0 Å². The number of nitrogens with zero attached hydrogens (tertiary/aromatic N) is 3. The number of nitrogens with one attached hydrogen (secondary N) is 2. The van der Waals surface area contributed by atoms with Crippen molar-refractivity contribution in [1.29, 1.82) is 0 Å². The van der Waals surface area contributed by atoms with Crippen LogP contribution in [0.1, 0.15) is 0 Å². The molecule has 2 aromatic heterocycles. The smallest absolute Gasteiger partial charge is 0.250 e. The number of benzene rings is 2.